The van der Waals surface area contributed by atoms with E-state index in [2.05, 4.69) is 16.7 Å². The lowest BCUT2D eigenvalue weighted by molar-refractivity contribution is 0.142. The maximum atomic E-state index is 12.6. The van der Waals surface area contributed by atoms with E-state index in [1.807, 2.05) is 24.0 Å². The standard InChI is InChI=1S/C19H20N6O3S/c1-11(2)12-7-13(9-14(20)8-12)17-22-25-16(26)10-15(21-18(25)29-17)23-3-5-24(6-4-23)19(27)28/h7-10H,1,3-6,20H2,2H3,(H,27,28). The molecular formula is C19H20N6O3S. The van der Waals surface area contributed by atoms with Crippen molar-refractivity contribution >= 4 is 39.5 Å². The van der Waals surface area contributed by atoms with Crippen molar-refractivity contribution in [3.05, 3.63) is 46.8 Å². The van der Waals surface area contributed by atoms with Crippen LogP contribution in [0, 0.1) is 0 Å². The first-order valence-electron chi connectivity index (χ1n) is 9.02. The molecule has 0 saturated carbocycles. The van der Waals surface area contributed by atoms with Crippen LogP contribution < -0.4 is 16.2 Å². The van der Waals surface area contributed by atoms with Gasteiger partial charge in [-0.05, 0) is 30.7 Å². The Hall–Kier alpha value is -3.40. The van der Waals surface area contributed by atoms with Gasteiger partial charge in [-0.15, -0.1) is 0 Å². The van der Waals surface area contributed by atoms with Crippen molar-refractivity contribution in [2.45, 2.75) is 6.92 Å². The number of benzene rings is 1. The number of aromatic nitrogens is 3. The van der Waals surface area contributed by atoms with Gasteiger partial charge >= 0.3 is 6.09 Å². The summed E-state index contributed by atoms with van der Waals surface area (Å²) in [7, 11) is 0. The molecule has 3 N–H and O–H groups in total. The van der Waals surface area contributed by atoms with Crippen LogP contribution >= 0.6 is 11.3 Å². The Morgan fingerprint density at radius 2 is 1.93 bits per heavy atom. The molecule has 1 saturated heterocycles. The molecule has 150 valence electrons. The second-order valence-corrected chi connectivity index (χ2v) is 7.89. The molecule has 1 fully saturated rings. The molecule has 1 aromatic carbocycles. The number of hydrogen-bond acceptors (Lipinski definition) is 7. The van der Waals surface area contributed by atoms with Crippen LogP contribution in [0.1, 0.15) is 12.5 Å². The van der Waals surface area contributed by atoms with E-state index in [9.17, 15) is 9.59 Å². The van der Waals surface area contributed by atoms with Gasteiger partial charge in [0.15, 0.2) is 0 Å². The molecule has 4 rings (SSSR count). The van der Waals surface area contributed by atoms with E-state index in [0.717, 1.165) is 16.7 Å². The predicted molar refractivity (Wildman–Crippen MR) is 114 cm³/mol. The Morgan fingerprint density at radius 3 is 2.59 bits per heavy atom. The lowest BCUT2D eigenvalue weighted by atomic mass is 10.0. The van der Waals surface area contributed by atoms with Crippen LogP contribution in [0.3, 0.4) is 0 Å². The van der Waals surface area contributed by atoms with Crippen molar-refractivity contribution in [3.8, 4) is 10.6 Å². The Balaban J connectivity index is 1.69. The van der Waals surface area contributed by atoms with Gasteiger partial charge in [-0.25, -0.2) is 9.78 Å². The number of hydrogen-bond donors (Lipinski definition) is 2. The predicted octanol–water partition coefficient (Wildman–Crippen LogP) is 2.23. The average Bonchev–Trinajstić information content (AvgIpc) is 3.12. The van der Waals surface area contributed by atoms with Crippen LogP contribution in [-0.2, 0) is 0 Å². The van der Waals surface area contributed by atoms with Crippen LogP contribution in [0.5, 0.6) is 0 Å². The van der Waals surface area contributed by atoms with Gasteiger partial charge in [0, 0.05) is 43.5 Å². The summed E-state index contributed by atoms with van der Waals surface area (Å²) in [4.78, 5) is 32.0. The maximum absolute atomic E-state index is 12.6. The highest BCUT2D eigenvalue weighted by atomic mass is 32.1. The maximum Gasteiger partial charge on any atom is 0.407 e. The van der Waals surface area contributed by atoms with Gasteiger partial charge < -0.3 is 20.6 Å². The van der Waals surface area contributed by atoms with E-state index >= 15 is 0 Å². The summed E-state index contributed by atoms with van der Waals surface area (Å²) < 4.78 is 1.28. The van der Waals surface area contributed by atoms with E-state index in [4.69, 9.17) is 10.8 Å². The number of anilines is 2. The summed E-state index contributed by atoms with van der Waals surface area (Å²) in [6.45, 7) is 7.57. The number of nitrogens with two attached hydrogens (primary N) is 1. The molecule has 0 bridgehead atoms. The molecule has 0 spiro atoms. The van der Waals surface area contributed by atoms with Crippen LogP contribution in [0.4, 0.5) is 16.3 Å². The van der Waals surface area contributed by atoms with E-state index in [0.29, 0.717) is 47.7 Å². The fourth-order valence-electron chi connectivity index (χ4n) is 3.23. The number of nitrogens with zero attached hydrogens (tertiary/aromatic N) is 5. The van der Waals surface area contributed by atoms with Crippen molar-refractivity contribution in [1.82, 2.24) is 19.5 Å². The summed E-state index contributed by atoms with van der Waals surface area (Å²) in [5.41, 5.74) is 8.93. The number of rotatable bonds is 3. The lowest BCUT2D eigenvalue weighted by Gasteiger charge is -2.33. The third kappa shape index (κ3) is 3.66. The molecule has 0 unspecified atom stereocenters. The van der Waals surface area contributed by atoms with Crippen LogP contribution in [-0.4, -0.2) is 56.9 Å². The second kappa shape index (κ2) is 7.21. The van der Waals surface area contributed by atoms with Gasteiger partial charge in [-0.1, -0.05) is 23.5 Å². The first kappa shape index (κ1) is 18.9. The number of fused-ring (bicyclic) bond motifs is 1. The highest BCUT2D eigenvalue weighted by Gasteiger charge is 2.22. The molecule has 3 aromatic rings. The Morgan fingerprint density at radius 1 is 1.21 bits per heavy atom. The first-order chi connectivity index (χ1) is 13.8. The van der Waals surface area contributed by atoms with E-state index in [1.54, 1.807) is 6.07 Å². The van der Waals surface area contributed by atoms with Crippen molar-refractivity contribution in [3.63, 3.8) is 0 Å². The lowest BCUT2D eigenvalue weighted by Crippen LogP contribution is -2.48. The minimum atomic E-state index is -0.934. The number of carboxylic acid groups (broad SMARTS) is 1. The summed E-state index contributed by atoms with van der Waals surface area (Å²) >= 11 is 1.30. The van der Waals surface area contributed by atoms with Gasteiger partial charge in [0.25, 0.3) is 5.56 Å². The molecule has 10 heteroatoms. The molecule has 29 heavy (non-hydrogen) atoms. The monoisotopic (exact) mass is 412 g/mol. The zero-order chi connectivity index (χ0) is 20.7. The van der Waals surface area contributed by atoms with E-state index < -0.39 is 6.09 Å². The SMILES string of the molecule is C=C(C)c1cc(N)cc(-c2nn3c(=O)cc(N4CCN(C(=O)O)CC4)nc3s2)c1. The molecule has 1 aliphatic heterocycles. The molecular weight excluding hydrogens is 392 g/mol. The van der Waals surface area contributed by atoms with E-state index in [-0.39, 0.29) is 5.56 Å². The normalized spacial score (nSPS) is 14.4. The highest BCUT2D eigenvalue weighted by Crippen LogP contribution is 2.29. The van der Waals surface area contributed by atoms with Crippen LogP contribution in [0.25, 0.3) is 21.1 Å². The molecule has 0 aliphatic carbocycles. The Labute approximate surface area is 170 Å². The summed E-state index contributed by atoms with van der Waals surface area (Å²) in [6, 6.07) is 7.03. The summed E-state index contributed by atoms with van der Waals surface area (Å²) in [5, 5.41) is 14.1. The van der Waals surface area contributed by atoms with Gasteiger partial charge in [-0.2, -0.15) is 9.61 Å². The zero-order valence-corrected chi connectivity index (χ0v) is 16.6. The second-order valence-electron chi connectivity index (χ2n) is 6.93. The highest BCUT2D eigenvalue weighted by molar-refractivity contribution is 7.19. The summed E-state index contributed by atoms with van der Waals surface area (Å²) in [6.07, 6.45) is -0.934. The number of amides is 1. The molecule has 0 atom stereocenters. The molecule has 1 aliphatic rings. The third-order valence-corrected chi connectivity index (χ3v) is 5.76. The third-order valence-electron chi connectivity index (χ3n) is 4.80. The topological polar surface area (TPSA) is 117 Å². The average molecular weight is 412 g/mol. The van der Waals surface area contributed by atoms with Crippen molar-refractivity contribution in [1.29, 1.82) is 0 Å². The quantitative estimate of drug-likeness (QED) is 0.634. The molecule has 0 radical (unpaired) electrons. The zero-order valence-electron chi connectivity index (χ0n) is 15.8. The van der Waals surface area contributed by atoms with Crippen LogP contribution in [0.2, 0.25) is 0 Å². The Kier molecular flexibility index (Phi) is 4.71. The molecule has 9 nitrogen and oxygen atoms in total. The van der Waals surface area contributed by atoms with Crippen molar-refractivity contribution < 1.29 is 9.90 Å². The minimum absolute atomic E-state index is 0.280. The fraction of sp³-hybridized carbons (Fsp3) is 0.263. The van der Waals surface area contributed by atoms with Crippen molar-refractivity contribution in [2.24, 2.45) is 0 Å². The van der Waals surface area contributed by atoms with Gasteiger partial charge in [0.1, 0.15) is 10.8 Å². The molecule has 3 heterocycles. The number of carbonyl (C=O) groups is 1. The smallest absolute Gasteiger partial charge is 0.407 e. The molecule has 2 aromatic heterocycles. The van der Waals surface area contributed by atoms with Gasteiger partial charge in [0.2, 0.25) is 4.96 Å². The van der Waals surface area contributed by atoms with E-state index in [1.165, 1.54) is 26.8 Å². The Bertz CT molecular complexity index is 1180. The van der Waals surface area contributed by atoms with Gasteiger partial charge in [0.05, 0.1) is 0 Å². The van der Waals surface area contributed by atoms with Crippen LogP contribution in [0.15, 0.2) is 35.6 Å². The summed E-state index contributed by atoms with van der Waals surface area (Å²) in [5.74, 6) is 0.533. The minimum Gasteiger partial charge on any atom is -0.465 e. The molecule has 1 amide bonds. The largest absolute Gasteiger partial charge is 0.465 e. The van der Waals surface area contributed by atoms with Crippen molar-refractivity contribution in [2.75, 3.05) is 36.8 Å². The number of allylic oxidation sites excluding steroid dienone is 1. The van der Waals surface area contributed by atoms with Gasteiger partial charge in [-0.3, -0.25) is 4.79 Å². The fourth-order valence-corrected chi connectivity index (χ4v) is 4.11. The number of nitrogen functional groups attached to an aromatic ring is 1. The first-order valence-corrected chi connectivity index (χ1v) is 9.84. The number of piperazine rings is 1.